The number of allylic oxidation sites excluding steroid dienone is 12. The van der Waals surface area contributed by atoms with E-state index in [9.17, 15) is 14.4 Å². The van der Waals surface area contributed by atoms with Crippen LogP contribution in [0.5, 0.6) is 0 Å². The summed E-state index contributed by atoms with van der Waals surface area (Å²) in [4.78, 5) is 38.3. The van der Waals surface area contributed by atoms with E-state index in [2.05, 4.69) is 93.7 Å². The van der Waals surface area contributed by atoms with Gasteiger partial charge in [0.2, 0.25) is 0 Å². The lowest BCUT2D eigenvalue weighted by molar-refractivity contribution is -0.167. The van der Waals surface area contributed by atoms with Crippen molar-refractivity contribution in [2.45, 2.75) is 335 Å². The second-order valence-electron chi connectivity index (χ2n) is 21.6. The van der Waals surface area contributed by atoms with Crippen LogP contribution in [0.2, 0.25) is 0 Å². The summed E-state index contributed by atoms with van der Waals surface area (Å²) in [5.41, 5.74) is 0. The van der Waals surface area contributed by atoms with Crippen LogP contribution in [0.25, 0.3) is 0 Å². The summed E-state index contributed by atoms with van der Waals surface area (Å²) < 4.78 is 16.9. The largest absolute Gasteiger partial charge is 0.462 e. The van der Waals surface area contributed by atoms with Crippen LogP contribution >= 0.6 is 0 Å². The lowest BCUT2D eigenvalue weighted by atomic mass is 10.0. The highest BCUT2D eigenvalue weighted by molar-refractivity contribution is 5.71. The van der Waals surface area contributed by atoms with E-state index in [-0.39, 0.29) is 31.1 Å². The minimum atomic E-state index is -0.783. The van der Waals surface area contributed by atoms with E-state index in [1.165, 1.54) is 186 Å². The van der Waals surface area contributed by atoms with Gasteiger partial charge in [0, 0.05) is 19.3 Å². The zero-order valence-electron chi connectivity index (χ0n) is 49.8. The van der Waals surface area contributed by atoms with Crippen molar-refractivity contribution in [3.05, 3.63) is 72.9 Å². The van der Waals surface area contributed by atoms with E-state index in [0.29, 0.717) is 19.3 Å². The molecule has 1 unspecified atom stereocenters. The minimum absolute atomic E-state index is 0.0801. The molecule has 0 saturated carbocycles. The molecule has 0 saturated heterocycles. The van der Waals surface area contributed by atoms with Crippen molar-refractivity contribution in [3.63, 3.8) is 0 Å². The van der Waals surface area contributed by atoms with Gasteiger partial charge < -0.3 is 14.2 Å². The topological polar surface area (TPSA) is 78.9 Å². The molecule has 0 amide bonds. The van der Waals surface area contributed by atoms with Gasteiger partial charge in [-0.15, -0.1) is 0 Å². The smallest absolute Gasteiger partial charge is 0.306 e. The monoisotopic (exact) mass is 1050 g/mol. The summed E-state index contributed by atoms with van der Waals surface area (Å²) in [6.07, 6.45) is 81.9. The molecule has 0 spiro atoms. The first-order valence-electron chi connectivity index (χ1n) is 32.4. The minimum Gasteiger partial charge on any atom is -0.462 e. The molecule has 75 heavy (non-hydrogen) atoms. The molecule has 0 fully saturated rings. The maximum absolute atomic E-state index is 12.9. The Labute approximate surface area is 465 Å². The van der Waals surface area contributed by atoms with Gasteiger partial charge in [-0.3, -0.25) is 14.4 Å². The molecular formula is C69H122O6. The Morgan fingerprint density at radius 3 is 0.827 bits per heavy atom. The fraction of sp³-hybridized carbons (Fsp3) is 0.783. The Kier molecular flexibility index (Phi) is 60.7. The number of esters is 3. The highest BCUT2D eigenvalue weighted by atomic mass is 16.6. The maximum Gasteiger partial charge on any atom is 0.306 e. The van der Waals surface area contributed by atoms with Crippen LogP contribution in [0.15, 0.2) is 72.9 Å². The third-order valence-electron chi connectivity index (χ3n) is 14.2. The van der Waals surface area contributed by atoms with E-state index < -0.39 is 6.10 Å². The van der Waals surface area contributed by atoms with Crippen molar-refractivity contribution >= 4 is 17.9 Å². The first-order chi connectivity index (χ1) is 37.0. The predicted molar refractivity (Wildman–Crippen MR) is 325 cm³/mol. The van der Waals surface area contributed by atoms with Crippen LogP contribution in [0.1, 0.15) is 329 Å². The summed E-state index contributed by atoms with van der Waals surface area (Å²) in [5, 5.41) is 0. The molecular weight excluding hydrogens is 925 g/mol. The van der Waals surface area contributed by atoms with E-state index in [1.807, 2.05) is 0 Å². The molecule has 434 valence electrons. The van der Waals surface area contributed by atoms with Gasteiger partial charge in [0.15, 0.2) is 6.10 Å². The Morgan fingerprint density at radius 2 is 0.520 bits per heavy atom. The van der Waals surface area contributed by atoms with Gasteiger partial charge in [-0.2, -0.15) is 0 Å². The molecule has 6 nitrogen and oxygen atoms in total. The second-order valence-corrected chi connectivity index (χ2v) is 21.6. The Bertz CT molecular complexity index is 1390. The van der Waals surface area contributed by atoms with Gasteiger partial charge in [-0.05, 0) is 89.9 Å². The molecule has 0 aliphatic heterocycles. The van der Waals surface area contributed by atoms with Crippen molar-refractivity contribution in [2.75, 3.05) is 13.2 Å². The fourth-order valence-corrected chi connectivity index (χ4v) is 9.35. The van der Waals surface area contributed by atoms with Crippen LogP contribution < -0.4 is 0 Å². The van der Waals surface area contributed by atoms with Gasteiger partial charge >= 0.3 is 17.9 Å². The normalized spacial score (nSPS) is 12.5. The number of unbranched alkanes of at least 4 members (excludes halogenated alkanes) is 36. The van der Waals surface area contributed by atoms with Crippen molar-refractivity contribution in [3.8, 4) is 0 Å². The van der Waals surface area contributed by atoms with Crippen molar-refractivity contribution < 1.29 is 28.6 Å². The van der Waals surface area contributed by atoms with Gasteiger partial charge in [0.25, 0.3) is 0 Å². The number of hydrogen-bond donors (Lipinski definition) is 0. The summed E-state index contributed by atoms with van der Waals surface area (Å²) in [6.45, 7) is 6.55. The average molecular weight is 1050 g/mol. The van der Waals surface area contributed by atoms with Crippen LogP contribution in [0.4, 0.5) is 0 Å². The standard InChI is InChI=1S/C69H122O6/c1-4-7-10-13-16-19-22-25-28-31-33-34-35-36-37-39-41-44-47-50-53-56-59-62-68(71)74-65-66(64-73-67(70)61-58-55-52-49-46-43-40-30-27-24-21-18-15-12-9-6-3)75-69(72)63-60-57-54-51-48-45-42-38-32-29-26-23-20-17-14-11-8-5-2/h7,10,16,19,25,28,30,33-34,36-37,40,66H,4-6,8-9,11-15,17-18,20-24,26-27,29,31-32,35,38-39,41-65H2,1-3H3/b10-7-,19-16-,28-25-,34-33-,37-36-,40-30-. The summed E-state index contributed by atoms with van der Waals surface area (Å²) >= 11 is 0. The van der Waals surface area contributed by atoms with Crippen LogP contribution in [-0.2, 0) is 28.6 Å². The summed E-state index contributed by atoms with van der Waals surface area (Å²) in [6, 6.07) is 0. The van der Waals surface area contributed by atoms with E-state index >= 15 is 0 Å². The summed E-state index contributed by atoms with van der Waals surface area (Å²) in [5.74, 6) is -0.881. The third kappa shape index (κ3) is 61.6. The molecule has 0 heterocycles. The molecule has 1 atom stereocenters. The van der Waals surface area contributed by atoms with Crippen molar-refractivity contribution in [2.24, 2.45) is 0 Å². The highest BCUT2D eigenvalue weighted by Crippen LogP contribution is 2.17. The number of carbonyl (C=O) groups excluding carboxylic acids is 3. The molecule has 0 aromatic heterocycles. The molecule has 0 rings (SSSR count). The predicted octanol–water partition coefficient (Wildman–Crippen LogP) is 22.1. The number of rotatable bonds is 59. The van der Waals surface area contributed by atoms with Crippen molar-refractivity contribution in [1.29, 1.82) is 0 Å². The van der Waals surface area contributed by atoms with Crippen molar-refractivity contribution in [1.82, 2.24) is 0 Å². The number of ether oxygens (including phenoxy) is 3. The van der Waals surface area contributed by atoms with Gasteiger partial charge in [-0.25, -0.2) is 0 Å². The molecule has 0 bridgehead atoms. The molecule has 0 aromatic carbocycles. The zero-order chi connectivity index (χ0) is 54.3. The quantitative estimate of drug-likeness (QED) is 0.0261. The fourth-order valence-electron chi connectivity index (χ4n) is 9.35. The number of hydrogen-bond acceptors (Lipinski definition) is 6. The number of carbonyl (C=O) groups is 3. The average Bonchev–Trinajstić information content (AvgIpc) is 3.41. The molecule has 0 radical (unpaired) electrons. The van der Waals surface area contributed by atoms with Gasteiger partial charge in [0.05, 0.1) is 0 Å². The van der Waals surface area contributed by atoms with E-state index in [0.717, 1.165) is 103 Å². The SMILES string of the molecule is CC/C=C\C/C=C\C/C=C\C/C=C\C/C=C\CCCCCCCCCC(=O)OCC(COC(=O)CCCCCCC/C=C\CCCCCCCCC)OC(=O)CCCCCCCCCCCCCCCCCCCC. The molecule has 0 aliphatic rings. The maximum atomic E-state index is 12.9. The lowest BCUT2D eigenvalue weighted by Gasteiger charge is -2.18. The van der Waals surface area contributed by atoms with Crippen LogP contribution in [0, 0.1) is 0 Å². The summed E-state index contributed by atoms with van der Waals surface area (Å²) in [7, 11) is 0. The Morgan fingerprint density at radius 1 is 0.280 bits per heavy atom. The van der Waals surface area contributed by atoms with E-state index in [4.69, 9.17) is 14.2 Å². The lowest BCUT2D eigenvalue weighted by Crippen LogP contribution is -2.30. The Balaban J connectivity index is 4.37. The second kappa shape index (κ2) is 63.4. The van der Waals surface area contributed by atoms with E-state index in [1.54, 1.807) is 0 Å². The zero-order valence-corrected chi connectivity index (χ0v) is 49.8. The first kappa shape index (κ1) is 71.8. The van der Waals surface area contributed by atoms with Crippen LogP contribution in [-0.4, -0.2) is 37.2 Å². The molecule has 0 aromatic rings. The molecule has 6 heteroatoms. The third-order valence-corrected chi connectivity index (χ3v) is 14.2. The van der Waals surface area contributed by atoms with Crippen LogP contribution in [0.3, 0.4) is 0 Å². The van der Waals surface area contributed by atoms with Gasteiger partial charge in [-0.1, -0.05) is 293 Å². The molecule has 0 N–H and O–H groups in total. The first-order valence-corrected chi connectivity index (χ1v) is 32.4. The Hall–Kier alpha value is -3.15. The highest BCUT2D eigenvalue weighted by Gasteiger charge is 2.19. The van der Waals surface area contributed by atoms with Gasteiger partial charge in [0.1, 0.15) is 13.2 Å². The molecule has 0 aliphatic carbocycles.